The number of thioether (sulfide) groups is 1. The lowest BCUT2D eigenvalue weighted by Gasteiger charge is -2.24. The molecule has 10 nitrogen and oxygen atoms in total. The molecular weight excluding hydrogens is 478 g/mol. The maximum Gasteiger partial charge on any atom is 0.417 e. The number of aromatic amines is 1. The van der Waals surface area contributed by atoms with E-state index in [4.69, 9.17) is 4.98 Å². The Bertz CT molecular complexity index is 1440. The first-order valence-electron chi connectivity index (χ1n) is 11.1. The minimum absolute atomic E-state index is 0.0244. The number of hydrogen-bond donors (Lipinski definition) is 3. The molecule has 1 unspecified atom stereocenters. The van der Waals surface area contributed by atoms with Crippen LogP contribution in [0.15, 0.2) is 95.6 Å². The molecule has 0 saturated carbocycles. The Morgan fingerprint density at radius 3 is 2.61 bits per heavy atom. The third-order valence-electron chi connectivity index (χ3n) is 5.69. The predicted octanol–water partition coefficient (Wildman–Crippen LogP) is 4.22. The number of rotatable bonds is 7. The van der Waals surface area contributed by atoms with Gasteiger partial charge in [0.25, 0.3) is 16.8 Å². The average molecular weight is 501 g/mol. The molecule has 1 aliphatic heterocycles. The van der Waals surface area contributed by atoms with Gasteiger partial charge in [0.15, 0.2) is 6.04 Å². The first kappa shape index (κ1) is 23.2. The summed E-state index contributed by atoms with van der Waals surface area (Å²) in [7, 11) is 0. The molecule has 0 fully saturated rings. The number of aromatic nitrogens is 4. The molecule has 2 aromatic carbocycles. The van der Waals surface area contributed by atoms with Crippen molar-refractivity contribution in [1.82, 2.24) is 15.1 Å². The molecule has 2 aromatic heterocycles. The van der Waals surface area contributed by atoms with Crippen molar-refractivity contribution in [3.05, 3.63) is 112 Å². The van der Waals surface area contributed by atoms with Crippen LogP contribution in [0.3, 0.4) is 0 Å². The maximum absolute atomic E-state index is 13.5. The Morgan fingerprint density at radius 2 is 1.92 bits per heavy atom. The van der Waals surface area contributed by atoms with Crippen molar-refractivity contribution in [3.8, 4) is 0 Å². The van der Waals surface area contributed by atoms with Crippen LogP contribution in [0.2, 0.25) is 0 Å². The zero-order chi connectivity index (χ0) is 25.1. The number of non-ortho nitro benzene ring substituents is 1. The van der Waals surface area contributed by atoms with Gasteiger partial charge in [-0.2, -0.15) is 0 Å². The highest BCUT2D eigenvalue weighted by Gasteiger charge is 2.39. The first-order chi connectivity index (χ1) is 17.5. The Labute approximate surface area is 210 Å². The number of nitrogens with zero attached hydrogens (tertiary/aromatic N) is 4. The highest BCUT2D eigenvalue weighted by atomic mass is 32.2. The second kappa shape index (κ2) is 10.0. The molecular formula is C25H22N7O3S+. The van der Waals surface area contributed by atoms with E-state index in [2.05, 4.69) is 20.7 Å². The average Bonchev–Trinajstić information content (AvgIpc) is 3.30. The van der Waals surface area contributed by atoms with Gasteiger partial charge in [-0.05, 0) is 47.3 Å². The molecule has 0 spiro atoms. The number of carbonyl (C=O) groups excluding carboxylic acids is 1. The number of hydrogen-bond acceptors (Lipinski definition) is 7. The van der Waals surface area contributed by atoms with Crippen molar-refractivity contribution >= 4 is 35.0 Å². The fourth-order valence-electron chi connectivity index (χ4n) is 3.99. The smallest absolute Gasteiger partial charge is 0.321 e. The molecule has 11 heteroatoms. The minimum Gasteiger partial charge on any atom is -0.321 e. The van der Waals surface area contributed by atoms with Gasteiger partial charge in [-0.25, -0.2) is 10.4 Å². The van der Waals surface area contributed by atoms with Gasteiger partial charge in [-0.3, -0.25) is 19.9 Å². The number of nitro groups is 1. The number of allylic oxidation sites excluding steroid dienone is 1. The monoisotopic (exact) mass is 500 g/mol. The normalized spacial score (nSPS) is 14.6. The number of pyridine rings is 1. The van der Waals surface area contributed by atoms with Gasteiger partial charge in [0.05, 0.1) is 28.1 Å². The molecule has 4 aromatic rings. The van der Waals surface area contributed by atoms with Gasteiger partial charge in [-0.15, -0.1) is 4.68 Å². The van der Waals surface area contributed by atoms with E-state index in [1.54, 1.807) is 41.3 Å². The van der Waals surface area contributed by atoms with Crippen LogP contribution in [-0.2, 0) is 10.5 Å². The highest BCUT2D eigenvalue weighted by molar-refractivity contribution is 7.98. The quantitative estimate of drug-likeness (QED) is 0.150. The molecule has 36 heavy (non-hydrogen) atoms. The Kier molecular flexibility index (Phi) is 6.46. The van der Waals surface area contributed by atoms with Gasteiger partial charge in [0, 0.05) is 24.1 Å². The van der Waals surface area contributed by atoms with Gasteiger partial charge < -0.3 is 5.32 Å². The number of H-pyrrole nitrogens is 1. The molecule has 0 saturated heterocycles. The fraction of sp³-hybridized carbons (Fsp3) is 0.120. The third-order valence-corrected chi connectivity index (χ3v) is 6.62. The van der Waals surface area contributed by atoms with E-state index in [-0.39, 0.29) is 11.6 Å². The predicted molar refractivity (Wildman–Crippen MR) is 135 cm³/mol. The molecule has 3 N–H and O–H groups in total. The van der Waals surface area contributed by atoms with Crippen molar-refractivity contribution in [1.29, 1.82) is 0 Å². The van der Waals surface area contributed by atoms with E-state index >= 15 is 0 Å². The van der Waals surface area contributed by atoms with Crippen LogP contribution >= 0.6 is 11.8 Å². The summed E-state index contributed by atoms with van der Waals surface area (Å²) in [5.41, 5.74) is 3.48. The zero-order valence-electron chi connectivity index (χ0n) is 19.2. The summed E-state index contributed by atoms with van der Waals surface area (Å²) in [4.78, 5) is 33.0. The van der Waals surface area contributed by atoms with Crippen LogP contribution in [0.25, 0.3) is 0 Å². The van der Waals surface area contributed by atoms with Gasteiger partial charge in [0.2, 0.25) is 0 Å². The van der Waals surface area contributed by atoms with Gasteiger partial charge >= 0.3 is 5.95 Å². The second-order valence-electron chi connectivity index (χ2n) is 8.11. The summed E-state index contributed by atoms with van der Waals surface area (Å²) >= 11 is 1.54. The van der Waals surface area contributed by atoms with Crippen molar-refractivity contribution in [2.45, 2.75) is 23.9 Å². The summed E-state index contributed by atoms with van der Waals surface area (Å²) in [6.45, 7) is 1.81. The van der Waals surface area contributed by atoms with E-state index in [1.165, 1.54) is 23.9 Å². The molecule has 0 radical (unpaired) electrons. The maximum atomic E-state index is 13.5. The van der Waals surface area contributed by atoms with Crippen LogP contribution < -0.4 is 15.3 Å². The van der Waals surface area contributed by atoms with E-state index < -0.39 is 11.0 Å². The lowest BCUT2D eigenvalue weighted by molar-refractivity contribution is -0.748. The highest BCUT2D eigenvalue weighted by Crippen LogP contribution is 2.32. The van der Waals surface area contributed by atoms with Crippen molar-refractivity contribution in [2.75, 3.05) is 10.6 Å². The molecule has 3 heterocycles. The molecule has 180 valence electrons. The Balaban J connectivity index is 1.51. The van der Waals surface area contributed by atoms with Crippen LogP contribution in [-0.4, -0.2) is 25.9 Å². The fourth-order valence-corrected chi connectivity index (χ4v) is 4.80. The number of nitrogens with one attached hydrogen (secondary N) is 3. The minimum atomic E-state index is -0.586. The van der Waals surface area contributed by atoms with Crippen molar-refractivity contribution in [3.63, 3.8) is 0 Å². The number of benzene rings is 2. The number of anilines is 2. The van der Waals surface area contributed by atoms with Crippen LogP contribution in [0, 0.1) is 10.1 Å². The second-order valence-corrected chi connectivity index (χ2v) is 9.07. The summed E-state index contributed by atoms with van der Waals surface area (Å²) in [5, 5.41) is 21.3. The lowest BCUT2D eigenvalue weighted by atomic mass is 9.95. The summed E-state index contributed by atoms with van der Waals surface area (Å²) in [6.07, 6.45) is 3.20. The molecule has 1 atom stereocenters. The van der Waals surface area contributed by atoms with Gasteiger partial charge in [-0.1, -0.05) is 42.1 Å². The molecule has 1 amide bonds. The van der Waals surface area contributed by atoms with Gasteiger partial charge in [0.1, 0.15) is 0 Å². The van der Waals surface area contributed by atoms with Crippen LogP contribution in [0.4, 0.5) is 17.3 Å². The van der Waals surface area contributed by atoms with E-state index in [0.717, 1.165) is 11.3 Å². The number of amides is 1. The lowest BCUT2D eigenvalue weighted by Crippen LogP contribution is -2.50. The molecule has 5 rings (SSSR count). The summed E-state index contributed by atoms with van der Waals surface area (Å²) < 4.78 is 1.78. The van der Waals surface area contributed by atoms with E-state index in [0.29, 0.717) is 33.6 Å². The Hall–Kier alpha value is -4.51. The van der Waals surface area contributed by atoms with Crippen LogP contribution in [0.1, 0.15) is 24.1 Å². The van der Waals surface area contributed by atoms with E-state index in [9.17, 15) is 14.9 Å². The first-order valence-corrected chi connectivity index (χ1v) is 12.1. The Morgan fingerprint density at radius 1 is 1.14 bits per heavy atom. The standard InChI is InChI=1S/C25H21N7O3S/c1-16-21(23(33)28-19-8-5-13-26-14-19)22(18-9-11-20(12-10-18)32(34)35)31-24(27-16)29-25(30-31)36-15-17-6-3-2-4-7-17/h2-14,22H,15H2,1H3,(H2,27,28,29,30,33)/p+1. The topological polar surface area (TPSA) is 130 Å². The van der Waals surface area contributed by atoms with E-state index in [1.807, 2.05) is 37.3 Å². The summed E-state index contributed by atoms with van der Waals surface area (Å²) in [6, 6.07) is 19.2. The molecule has 0 bridgehead atoms. The largest absolute Gasteiger partial charge is 0.417 e. The number of fused-ring (bicyclic) bond motifs is 1. The SMILES string of the molecule is CC1=C(C(=O)Nc2cccnc2)C(c2ccc([N+](=O)[O-])cc2)[n+]2[nH]c(SCc3ccccc3)nc2N1. The van der Waals surface area contributed by atoms with Crippen molar-refractivity contribution in [2.24, 2.45) is 0 Å². The summed E-state index contributed by atoms with van der Waals surface area (Å²) in [5.74, 6) is 0.948. The third kappa shape index (κ3) is 4.82. The molecule has 1 aliphatic rings. The van der Waals surface area contributed by atoms with Crippen LogP contribution in [0.5, 0.6) is 0 Å². The number of nitro benzene ring substituents is 1. The van der Waals surface area contributed by atoms with Crippen molar-refractivity contribution < 1.29 is 14.4 Å². The zero-order valence-corrected chi connectivity index (χ0v) is 20.0. The molecule has 0 aliphatic carbocycles. The number of carbonyl (C=O) groups is 1.